The summed E-state index contributed by atoms with van der Waals surface area (Å²) in [6.45, 7) is 1.73. The van der Waals surface area contributed by atoms with Crippen molar-refractivity contribution in [2.24, 2.45) is 5.92 Å². The predicted octanol–water partition coefficient (Wildman–Crippen LogP) is 4.57. The van der Waals surface area contributed by atoms with E-state index in [9.17, 15) is 4.79 Å². The third-order valence-electron chi connectivity index (χ3n) is 1.93. The number of halogens is 4. The molecule has 16 heavy (non-hydrogen) atoms. The minimum Gasteiger partial charge on any atom is -0.323 e. The average Bonchev–Trinajstić information content (AvgIpc) is 2.21. The van der Waals surface area contributed by atoms with Gasteiger partial charge in [-0.3, -0.25) is 4.79 Å². The van der Waals surface area contributed by atoms with E-state index < -0.39 is 0 Å². The molecule has 1 unspecified atom stereocenters. The van der Waals surface area contributed by atoms with Gasteiger partial charge >= 0.3 is 0 Å². The Balaban J connectivity index is 2.93. The molecule has 1 aromatic rings. The fourth-order valence-electron chi connectivity index (χ4n) is 0.978. The van der Waals surface area contributed by atoms with Crippen molar-refractivity contribution in [2.45, 2.75) is 6.92 Å². The number of amides is 1. The van der Waals surface area contributed by atoms with Crippen LogP contribution in [-0.2, 0) is 4.79 Å². The number of nitrogens with one attached hydrogen (secondary N) is 1. The zero-order valence-electron chi connectivity index (χ0n) is 8.36. The fourth-order valence-corrected chi connectivity index (χ4v) is 2.42. The van der Waals surface area contributed by atoms with Gasteiger partial charge in [-0.1, -0.05) is 46.1 Å². The summed E-state index contributed by atoms with van der Waals surface area (Å²) < 4.78 is 0.755. The number of anilines is 1. The van der Waals surface area contributed by atoms with E-state index in [1.54, 1.807) is 19.1 Å². The Morgan fingerprint density at radius 3 is 2.38 bits per heavy atom. The van der Waals surface area contributed by atoms with Gasteiger partial charge in [-0.05, 0) is 12.1 Å². The molecule has 0 aliphatic carbocycles. The highest BCUT2D eigenvalue weighted by atomic mass is 79.9. The number of benzene rings is 1. The maximum absolute atomic E-state index is 11.6. The van der Waals surface area contributed by atoms with E-state index in [1.807, 2.05) is 0 Å². The van der Waals surface area contributed by atoms with E-state index in [0.29, 0.717) is 15.7 Å². The van der Waals surface area contributed by atoms with Crippen LogP contribution >= 0.6 is 50.7 Å². The molecule has 0 saturated heterocycles. The summed E-state index contributed by atoms with van der Waals surface area (Å²) in [5.74, 6) is -0.254. The smallest absolute Gasteiger partial charge is 0.228 e. The Morgan fingerprint density at radius 1 is 1.44 bits per heavy atom. The lowest BCUT2D eigenvalue weighted by atomic mass is 10.2. The van der Waals surface area contributed by atoms with Gasteiger partial charge in [0.2, 0.25) is 5.91 Å². The highest BCUT2D eigenvalue weighted by molar-refractivity contribution is 9.10. The second-order valence-electron chi connectivity index (χ2n) is 3.29. The first-order valence-electron chi connectivity index (χ1n) is 4.47. The van der Waals surface area contributed by atoms with Crippen LogP contribution in [-0.4, -0.2) is 11.8 Å². The van der Waals surface area contributed by atoms with Crippen molar-refractivity contribution in [3.05, 3.63) is 26.7 Å². The number of hydrogen-bond donors (Lipinski definition) is 1. The molecule has 1 aromatic carbocycles. The Labute approximate surface area is 117 Å². The highest BCUT2D eigenvalue weighted by Gasteiger charge is 2.15. The van der Waals surface area contributed by atoms with E-state index in [4.69, 9.17) is 34.8 Å². The predicted molar refractivity (Wildman–Crippen MR) is 72.7 cm³/mol. The monoisotopic (exact) mass is 343 g/mol. The van der Waals surface area contributed by atoms with Gasteiger partial charge in [0.05, 0.1) is 15.7 Å². The second kappa shape index (κ2) is 6.10. The molecule has 0 aliphatic rings. The molecule has 0 radical (unpaired) electrons. The van der Waals surface area contributed by atoms with Crippen molar-refractivity contribution in [1.29, 1.82) is 0 Å². The molecule has 1 rings (SSSR count). The molecule has 0 saturated carbocycles. The van der Waals surface area contributed by atoms with Gasteiger partial charge in [0, 0.05) is 16.3 Å². The summed E-state index contributed by atoms with van der Waals surface area (Å²) in [5.41, 5.74) is 0.411. The first-order chi connectivity index (χ1) is 7.45. The average molecular weight is 345 g/mol. The van der Waals surface area contributed by atoms with Crippen molar-refractivity contribution in [3.63, 3.8) is 0 Å². The number of alkyl halides is 1. The summed E-state index contributed by atoms with van der Waals surface area (Å²) >= 11 is 20.8. The van der Waals surface area contributed by atoms with E-state index in [2.05, 4.69) is 21.2 Å². The lowest BCUT2D eigenvalue weighted by Crippen LogP contribution is -2.21. The Kier molecular flexibility index (Phi) is 5.38. The van der Waals surface area contributed by atoms with Gasteiger partial charge in [-0.2, -0.15) is 0 Å². The molecule has 1 amide bonds. The Morgan fingerprint density at radius 2 is 1.94 bits per heavy atom. The molecule has 0 aromatic heterocycles. The topological polar surface area (TPSA) is 29.1 Å². The molecule has 0 fully saturated rings. The molecule has 1 atom stereocenters. The van der Waals surface area contributed by atoms with Gasteiger partial charge in [0.15, 0.2) is 0 Å². The maximum atomic E-state index is 11.6. The lowest BCUT2D eigenvalue weighted by molar-refractivity contribution is -0.118. The molecular weight excluding hydrogens is 336 g/mol. The summed E-state index contributed by atoms with van der Waals surface area (Å²) in [7, 11) is 0. The fraction of sp³-hybridized carbons (Fsp3) is 0.300. The number of carbonyl (C=O) groups excluding carboxylic acids is 1. The lowest BCUT2D eigenvalue weighted by Gasteiger charge is -2.12. The van der Waals surface area contributed by atoms with Gasteiger partial charge < -0.3 is 5.32 Å². The van der Waals surface area contributed by atoms with Gasteiger partial charge in [0.25, 0.3) is 0 Å². The van der Waals surface area contributed by atoms with Crippen molar-refractivity contribution in [2.75, 3.05) is 11.2 Å². The van der Waals surface area contributed by atoms with Crippen LogP contribution in [0.25, 0.3) is 0 Å². The molecule has 88 valence electrons. The summed E-state index contributed by atoms with van der Waals surface area (Å²) in [6.07, 6.45) is 0. The van der Waals surface area contributed by atoms with Crippen molar-refractivity contribution in [3.8, 4) is 0 Å². The van der Waals surface area contributed by atoms with Gasteiger partial charge in [-0.15, -0.1) is 11.6 Å². The van der Waals surface area contributed by atoms with Crippen LogP contribution in [0.3, 0.4) is 0 Å². The van der Waals surface area contributed by atoms with Crippen molar-refractivity contribution < 1.29 is 4.79 Å². The van der Waals surface area contributed by atoms with Crippen LogP contribution in [0, 0.1) is 5.92 Å². The normalized spacial score (nSPS) is 12.3. The molecular formula is C10H9BrCl3NO. The van der Waals surface area contributed by atoms with Crippen LogP contribution in [0.5, 0.6) is 0 Å². The second-order valence-corrected chi connectivity index (χ2v) is 5.33. The first-order valence-corrected chi connectivity index (χ1v) is 6.55. The summed E-state index contributed by atoms with van der Waals surface area (Å²) in [6, 6.07) is 3.32. The minimum absolute atomic E-state index is 0.207. The van der Waals surface area contributed by atoms with E-state index >= 15 is 0 Å². The molecule has 0 heterocycles. The SMILES string of the molecule is CC(CCl)C(=O)Nc1c(Cl)cc(Br)cc1Cl. The molecule has 0 spiro atoms. The summed E-state index contributed by atoms with van der Waals surface area (Å²) in [5, 5.41) is 3.42. The van der Waals surface area contributed by atoms with Crippen molar-refractivity contribution >= 4 is 62.3 Å². The molecule has 2 nitrogen and oxygen atoms in total. The molecule has 6 heteroatoms. The maximum Gasteiger partial charge on any atom is 0.228 e. The van der Waals surface area contributed by atoms with E-state index in [1.165, 1.54) is 0 Å². The quantitative estimate of drug-likeness (QED) is 0.799. The number of rotatable bonds is 3. The van der Waals surface area contributed by atoms with Gasteiger partial charge in [-0.25, -0.2) is 0 Å². The first kappa shape index (κ1) is 14.1. The highest BCUT2D eigenvalue weighted by Crippen LogP contribution is 2.34. The van der Waals surface area contributed by atoms with Crippen LogP contribution in [0.1, 0.15) is 6.92 Å². The zero-order chi connectivity index (χ0) is 12.3. The zero-order valence-corrected chi connectivity index (χ0v) is 12.2. The molecule has 1 N–H and O–H groups in total. The van der Waals surface area contributed by atoms with Crippen molar-refractivity contribution in [1.82, 2.24) is 0 Å². The van der Waals surface area contributed by atoms with E-state index in [0.717, 1.165) is 4.47 Å². The largest absolute Gasteiger partial charge is 0.323 e. The summed E-state index contributed by atoms with van der Waals surface area (Å²) in [4.78, 5) is 11.6. The Bertz CT molecular complexity index is 388. The third-order valence-corrected chi connectivity index (χ3v) is 3.45. The minimum atomic E-state index is -0.294. The molecule has 0 aliphatic heterocycles. The van der Waals surface area contributed by atoms with Crippen LogP contribution in [0.2, 0.25) is 10.0 Å². The van der Waals surface area contributed by atoms with Crippen LogP contribution in [0.15, 0.2) is 16.6 Å². The van der Waals surface area contributed by atoms with Gasteiger partial charge in [0.1, 0.15) is 0 Å². The standard InChI is InChI=1S/C10H9BrCl3NO/c1-5(4-12)10(16)15-9-7(13)2-6(11)3-8(9)14/h2-3,5H,4H2,1H3,(H,15,16). The Hall–Kier alpha value is 0.0400. The molecule has 0 bridgehead atoms. The number of hydrogen-bond acceptors (Lipinski definition) is 1. The van der Waals surface area contributed by atoms with Crippen LogP contribution < -0.4 is 5.32 Å². The third kappa shape index (κ3) is 3.52. The van der Waals surface area contributed by atoms with Crippen LogP contribution in [0.4, 0.5) is 5.69 Å². The van der Waals surface area contributed by atoms with E-state index in [-0.39, 0.29) is 17.7 Å². The number of carbonyl (C=O) groups is 1.